The lowest BCUT2D eigenvalue weighted by molar-refractivity contribution is 0.0993. The van der Waals surface area contributed by atoms with Gasteiger partial charge in [0.25, 0.3) is 5.91 Å². The number of amides is 1. The number of nitrogens with two attached hydrogens (primary N) is 1. The van der Waals surface area contributed by atoms with Crippen LogP contribution < -0.4 is 10.5 Å². The Morgan fingerprint density at radius 2 is 2.33 bits per heavy atom. The molecule has 15 heavy (non-hydrogen) atoms. The van der Waals surface area contributed by atoms with Crippen molar-refractivity contribution in [1.82, 2.24) is 4.98 Å². The van der Waals surface area contributed by atoms with Crippen molar-refractivity contribution in [2.45, 2.75) is 18.9 Å². The van der Waals surface area contributed by atoms with Crippen LogP contribution in [0.5, 0.6) is 5.75 Å². The van der Waals surface area contributed by atoms with Gasteiger partial charge in [-0.2, -0.15) is 0 Å². The zero-order valence-corrected chi connectivity index (χ0v) is 7.97. The Labute approximate surface area is 86.2 Å². The van der Waals surface area contributed by atoms with Crippen LogP contribution in [0.15, 0.2) is 12.3 Å². The van der Waals surface area contributed by atoms with Gasteiger partial charge in [-0.25, -0.2) is 0 Å². The molecule has 0 spiro atoms. The third-order valence-electron chi connectivity index (χ3n) is 2.09. The molecule has 0 aliphatic heterocycles. The van der Waals surface area contributed by atoms with E-state index in [1.807, 2.05) is 0 Å². The normalized spacial score (nSPS) is 14.7. The maximum atomic E-state index is 10.9. The van der Waals surface area contributed by atoms with Crippen molar-refractivity contribution in [1.29, 1.82) is 0 Å². The highest BCUT2D eigenvalue weighted by Gasteiger charge is 2.25. The molecular formula is C10H10N2O3. The Hall–Kier alpha value is -1.91. The number of pyridine rings is 1. The molecule has 1 aromatic heterocycles. The zero-order chi connectivity index (χ0) is 10.8. The predicted octanol–water partition coefficient (Wildman–Crippen LogP) is 0.534. The third-order valence-corrected chi connectivity index (χ3v) is 2.09. The summed E-state index contributed by atoms with van der Waals surface area (Å²) in [5.41, 5.74) is 5.52. The number of nitrogens with zero attached hydrogens (tertiary/aromatic N) is 1. The van der Waals surface area contributed by atoms with E-state index in [4.69, 9.17) is 10.5 Å². The number of carbonyl (C=O) groups is 2. The van der Waals surface area contributed by atoms with Gasteiger partial charge in [0.05, 0.1) is 11.7 Å². The molecule has 0 radical (unpaired) electrons. The van der Waals surface area contributed by atoms with Gasteiger partial charge in [-0.3, -0.25) is 14.6 Å². The molecule has 0 saturated heterocycles. The molecule has 0 atom stereocenters. The number of hydrogen-bond acceptors (Lipinski definition) is 4. The van der Waals surface area contributed by atoms with Gasteiger partial charge in [0.15, 0.2) is 6.29 Å². The van der Waals surface area contributed by atoms with Crippen LogP contribution in [-0.4, -0.2) is 23.3 Å². The van der Waals surface area contributed by atoms with E-state index in [9.17, 15) is 9.59 Å². The van der Waals surface area contributed by atoms with Gasteiger partial charge < -0.3 is 10.5 Å². The third kappa shape index (κ3) is 2.12. The molecule has 0 bridgehead atoms. The van der Waals surface area contributed by atoms with Gasteiger partial charge in [-0.1, -0.05) is 0 Å². The first-order valence-corrected chi connectivity index (χ1v) is 4.62. The van der Waals surface area contributed by atoms with Gasteiger partial charge in [0, 0.05) is 12.3 Å². The number of aldehydes is 1. The molecule has 5 heteroatoms. The Kier molecular flexibility index (Phi) is 2.37. The van der Waals surface area contributed by atoms with Crippen molar-refractivity contribution in [2.24, 2.45) is 5.73 Å². The van der Waals surface area contributed by atoms with Gasteiger partial charge in [-0.05, 0) is 12.8 Å². The topological polar surface area (TPSA) is 82.3 Å². The number of rotatable bonds is 4. The summed E-state index contributed by atoms with van der Waals surface area (Å²) < 4.78 is 5.46. The fraction of sp³-hybridized carbons (Fsp3) is 0.300. The SMILES string of the molecule is NC(=O)c1cc(OC2CC2)c(C=O)cn1. The number of aromatic nitrogens is 1. The molecule has 2 N–H and O–H groups in total. The molecule has 1 aliphatic rings. The molecule has 1 fully saturated rings. The van der Waals surface area contributed by atoms with Gasteiger partial charge in [0.1, 0.15) is 11.4 Å². The second kappa shape index (κ2) is 3.68. The van der Waals surface area contributed by atoms with Crippen LogP contribution in [0.1, 0.15) is 33.7 Å². The monoisotopic (exact) mass is 206 g/mol. The first kappa shape index (κ1) is 9.64. The fourth-order valence-electron chi connectivity index (χ4n) is 1.14. The van der Waals surface area contributed by atoms with E-state index < -0.39 is 5.91 Å². The molecule has 5 nitrogen and oxygen atoms in total. The minimum Gasteiger partial charge on any atom is -0.490 e. The number of carbonyl (C=O) groups excluding carboxylic acids is 2. The van der Waals surface area contributed by atoms with Crippen molar-refractivity contribution >= 4 is 12.2 Å². The maximum absolute atomic E-state index is 10.9. The van der Waals surface area contributed by atoms with E-state index in [1.165, 1.54) is 12.3 Å². The minimum absolute atomic E-state index is 0.108. The predicted molar refractivity (Wildman–Crippen MR) is 51.8 cm³/mol. The molecule has 1 amide bonds. The van der Waals surface area contributed by atoms with Crippen molar-refractivity contribution in [3.63, 3.8) is 0 Å². The minimum atomic E-state index is -0.631. The van der Waals surface area contributed by atoms with E-state index in [1.54, 1.807) is 0 Å². The number of hydrogen-bond donors (Lipinski definition) is 1. The summed E-state index contributed by atoms with van der Waals surface area (Å²) in [5.74, 6) is -0.246. The fourth-order valence-corrected chi connectivity index (χ4v) is 1.14. The van der Waals surface area contributed by atoms with Crippen LogP contribution in [0.3, 0.4) is 0 Å². The summed E-state index contributed by atoms with van der Waals surface area (Å²) in [5, 5.41) is 0. The van der Waals surface area contributed by atoms with E-state index in [2.05, 4.69) is 4.98 Å². The van der Waals surface area contributed by atoms with Crippen LogP contribution in [0.2, 0.25) is 0 Å². The zero-order valence-electron chi connectivity index (χ0n) is 7.97. The first-order chi connectivity index (χ1) is 7.20. The molecule has 1 heterocycles. The van der Waals surface area contributed by atoms with Gasteiger partial charge in [-0.15, -0.1) is 0 Å². The standard InChI is InChI=1S/C10H10N2O3/c11-10(14)8-3-9(15-7-1-2-7)6(5-13)4-12-8/h3-5,7H,1-2H2,(H2,11,14). The molecule has 1 aromatic rings. The van der Waals surface area contributed by atoms with E-state index >= 15 is 0 Å². The van der Waals surface area contributed by atoms with Crippen molar-refractivity contribution in [2.75, 3.05) is 0 Å². The second-order valence-corrected chi connectivity index (χ2v) is 3.41. The molecular weight excluding hydrogens is 196 g/mol. The summed E-state index contributed by atoms with van der Waals surface area (Å²) in [6, 6.07) is 1.41. The largest absolute Gasteiger partial charge is 0.490 e. The Morgan fingerprint density at radius 1 is 1.60 bits per heavy atom. The lowest BCUT2D eigenvalue weighted by Crippen LogP contribution is -2.14. The van der Waals surface area contributed by atoms with Crippen LogP contribution in [-0.2, 0) is 0 Å². The summed E-state index contributed by atoms with van der Waals surface area (Å²) in [7, 11) is 0. The van der Waals surface area contributed by atoms with Gasteiger partial charge in [0.2, 0.25) is 0 Å². The lowest BCUT2D eigenvalue weighted by atomic mass is 10.2. The van der Waals surface area contributed by atoms with Crippen LogP contribution in [0.4, 0.5) is 0 Å². The van der Waals surface area contributed by atoms with Crippen LogP contribution in [0, 0.1) is 0 Å². The molecule has 1 saturated carbocycles. The summed E-state index contributed by atoms with van der Waals surface area (Å²) in [6.45, 7) is 0. The highest BCUT2D eigenvalue weighted by Crippen LogP contribution is 2.28. The number of ether oxygens (including phenoxy) is 1. The van der Waals surface area contributed by atoms with Gasteiger partial charge >= 0.3 is 0 Å². The van der Waals surface area contributed by atoms with Crippen LogP contribution >= 0.6 is 0 Å². The average Bonchev–Trinajstić information content (AvgIpc) is 3.01. The van der Waals surface area contributed by atoms with E-state index in [-0.39, 0.29) is 11.8 Å². The Morgan fingerprint density at radius 3 is 2.87 bits per heavy atom. The Bertz CT molecular complexity index is 413. The van der Waals surface area contributed by atoms with Crippen LogP contribution in [0.25, 0.3) is 0 Å². The molecule has 0 aromatic carbocycles. The van der Waals surface area contributed by atoms with E-state index in [0.29, 0.717) is 17.6 Å². The smallest absolute Gasteiger partial charge is 0.267 e. The van der Waals surface area contributed by atoms with Crippen molar-refractivity contribution < 1.29 is 14.3 Å². The highest BCUT2D eigenvalue weighted by molar-refractivity contribution is 5.92. The summed E-state index contributed by atoms with van der Waals surface area (Å²) >= 11 is 0. The molecule has 78 valence electrons. The van der Waals surface area contributed by atoms with Crippen molar-refractivity contribution in [3.8, 4) is 5.75 Å². The number of primary amides is 1. The average molecular weight is 206 g/mol. The molecule has 2 rings (SSSR count). The Balaban J connectivity index is 2.32. The maximum Gasteiger partial charge on any atom is 0.267 e. The van der Waals surface area contributed by atoms with E-state index in [0.717, 1.165) is 12.8 Å². The lowest BCUT2D eigenvalue weighted by Gasteiger charge is -2.07. The first-order valence-electron chi connectivity index (χ1n) is 4.62. The molecule has 1 aliphatic carbocycles. The van der Waals surface area contributed by atoms with Crippen molar-refractivity contribution in [3.05, 3.63) is 23.5 Å². The molecule has 0 unspecified atom stereocenters. The quantitative estimate of drug-likeness (QED) is 0.728. The summed E-state index contributed by atoms with van der Waals surface area (Å²) in [4.78, 5) is 25.3. The highest BCUT2D eigenvalue weighted by atomic mass is 16.5. The second-order valence-electron chi connectivity index (χ2n) is 3.41. The summed E-state index contributed by atoms with van der Waals surface area (Å²) in [6.07, 6.45) is 4.06.